The fourth-order valence-electron chi connectivity index (χ4n) is 1.51. The third-order valence-corrected chi connectivity index (χ3v) is 3.35. The van der Waals surface area contributed by atoms with Crippen LogP contribution in [-0.2, 0) is 16.0 Å². The molecule has 0 bridgehead atoms. The number of hydrogen-bond donors (Lipinski definition) is 1. The molecule has 0 saturated heterocycles. The number of rotatable bonds is 6. The van der Waals surface area contributed by atoms with Crippen molar-refractivity contribution in [2.24, 2.45) is 0 Å². The monoisotopic (exact) mass is 290 g/mol. The smallest absolute Gasteiger partial charge is 0.372 e. The lowest BCUT2D eigenvalue weighted by molar-refractivity contribution is -0.148. The molecule has 0 saturated carbocycles. The van der Waals surface area contributed by atoms with Crippen LogP contribution < -0.4 is 0 Å². The van der Waals surface area contributed by atoms with E-state index in [-0.39, 0.29) is 5.69 Å². The number of carbonyl (C=O) groups is 3. The van der Waals surface area contributed by atoms with Gasteiger partial charge < -0.3 is 5.11 Å². The zero-order valence-electron chi connectivity index (χ0n) is 10.3. The lowest BCUT2D eigenvalue weighted by Gasteiger charge is -1.96. The number of carboxylic acid groups (broad SMARTS) is 1. The molecular formula is C13H10N2O4S. The van der Waals surface area contributed by atoms with Gasteiger partial charge in [-0.25, -0.2) is 9.78 Å². The van der Waals surface area contributed by atoms with Gasteiger partial charge in [0.15, 0.2) is 5.78 Å². The Morgan fingerprint density at radius 3 is 2.55 bits per heavy atom. The normalized spacial score (nSPS) is 10.2. The minimum Gasteiger partial charge on any atom is -0.475 e. The number of aliphatic carboxylic acids is 1. The summed E-state index contributed by atoms with van der Waals surface area (Å²) >= 11 is 1.30. The van der Waals surface area contributed by atoms with E-state index >= 15 is 0 Å². The van der Waals surface area contributed by atoms with E-state index in [0.29, 0.717) is 6.42 Å². The number of nitrogens with zero attached hydrogens (tertiary/aromatic N) is 2. The predicted octanol–water partition coefficient (Wildman–Crippen LogP) is 1.36. The van der Waals surface area contributed by atoms with Crippen molar-refractivity contribution in [2.45, 2.75) is 12.8 Å². The molecule has 1 N–H and O–H groups in total. The first-order valence-corrected chi connectivity index (χ1v) is 6.57. The van der Waals surface area contributed by atoms with E-state index in [4.69, 9.17) is 5.11 Å². The molecule has 7 heteroatoms. The van der Waals surface area contributed by atoms with Crippen molar-refractivity contribution in [3.05, 3.63) is 46.2 Å². The van der Waals surface area contributed by atoms with Crippen LogP contribution in [0, 0.1) is 0 Å². The Bertz CT molecular complexity index is 651. The second-order valence-electron chi connectivity index (χ2n) is 3.99. The maximum absolute atomic E-state index is 11.7. The Balaban J connectivity index is 2.04. The molecule has 102 valence electrons. The van der Waals surface area contributed by atoms with Gasteiger partial charge in [0.2, 0.25) is 5.78 Å². The van der Waals surface area contributed by atoms with E-state index in [1.165, 1.54) is 16.7 Å². The van der Waals surface area contributed by atoms with Crippen molar-refractivity contribution in [2.75, 3.05) is 0 Å². The molecule has 0 unspecified atom stereocenters. The molecule has 0 aliphatic heterocycles. The maximum atomic E-state index is 11.7. The predicted molar refractivity (Wildman–Crippen MR) is 70.7 cm³/mol. The van der Waals surface area contributed by atoms with Crippen LogP contribution in [0.3, 0.4) is 0 Å². The number of aromatic nitrogens is 2. The maximum Gasteiger partial charge on any atom is 0.372 e. The highest BCUT2D eigenvalue weighted by atomic mass is 32.1. The topological polar surface area (TPSA) is 97.2 Å². The number of carboxylic acids is 1. The highest BCUT2D eigenvalue weighted by Crippen LogP contribution is 2.15. The van der Waals surface area contributed by atoms with Crippen LogP contribution in [0.15, 0.2) is 29.9 Å². The molecule has 2 heterocycles. The molecule has 0 fully saturated rings. The van der Waals surface area contributed by atoms with Gasteiger partial charge in [-0.3, -0.25) is 14.6 Å². The highest BCUT2D eigenvalue weighted by molar-refractivity contribution is 7.09. The summed E-state index contributed by atoms with van der Waals surface area (Å²) in [6.07, 6.45) is 3.24. The zero-order valence-corrected chi connectivity index (χ0v) is 11.1. The molecule has 0 aromatic carbocycles. The van der Waals surface area contributed by atoms with Gasteiger partial charge in [-0.1, -0.05) is 0 Å². The van der Waals surface area contributed by atoms with Gasteiger partial charge >= 0.3 is 5.97 Å². The Kier molecular flexibility index (Phi) is 4.31. The van der Waals surface area contributed by atoms with Crippen LogP contribution in [0.2, 0.25) is 0 Å². The second kappa shape index (κ2) is 6.16. The van der Waals surface area contributed by atoms with E-state index in [0.717, 1.165) is 10.6 Å². The van der Waals surface area contributed by atoms with Crippen molar-refractivity contribution in [3.8, 4) is 0 Å². The summed E-state index contributed by atoms with van der Waals surface area (Å²) < 4.78 is 0. The SMILES string of the molecule is O=C(O)C(=O)CC(=O)c1csc(Cc2ccncc2)n1. The molecule has 2 aromatic heterocycles. The fraction of sp³-hybridized carbons (Fsp3) is 0.154. The molecule has 0 spiro atoms. The van der Waals surface area contributed by atoms with E-state index in [1.54, 1.807) is 12.4 Å². The average Bonchev–Trinajstić information content (AvgIpc) is 2.88. The molecule has 2 aromatic rings. The van der Waals surface area contributed by atoms with Crippen LogP contribution in [0.5, 0.6) is 0 Å². The van der Waals surface area contributed by atoms with Crippen molar-refractivity contribution in [3.63, 3.8) is 0 Å². The first kappa shape index (κ1) is 14.0. The highest BCUT2D eigenvalue weighted by Gasteiger charge is 2.19. The molecule has 6 nitrogen and oxygen atoms in total. The standard InChI is InChI=1S/C13H10N2O4S/c16-10(6-11(17)13(18)19)9-7-20-12(15-9)5-8-1-3-14-4-2-8/h1-4,7H,5-6H2,(H,18,19). The largest absolute Gasteiger partial charge is 0.475 e. The minimum atomic E-state index is -1.61. The summed E-state index contributed by atoms with van der Waals surface area (Å²) in [6, 6.07) is 3.69. The third kappa shape index (κ3) is 3.55. The summed E-state index contributed by atoms with van der Waals surface area (Å²) in [5.74, 6) is -3.31. The van der Waals surface area contributed by atoms with Crippen molar-refractivity contribution in [1.82, 2.24) is 9.97 Å². The number of pyridine rings is 1. The van der Waals surface area contributed by atoms with Gasteiger partial charge in [0.05, 0.1) is 11.4 Å². The number of carbonyl (C=O) groups excluding carboxylic acids is 2. The van der Waals surface area contributed by atoms with Gasteiger partial charge in [-0.05, 0) is 17.7 Å². The van der Waals surface area contributed by atoms with Gasteiger partial charge in [-0.15, -0.1) is 11.3 Å². The Hall–Kier alpha value is -2.41. The average molecular weight is 290 g/mol. The molecular weight excluding hydrogens is 280 g/mol. The molecule has 0 atom stereocenters. The third-order valence-electron chi connectivity index (χ3n) is 2.50. The zero-order chi connectivity index (χ0) is 14.5. The Morgan fingerprint density at radius 2 is 1.90 bits per heavy atom. The molecule has 0 radical (unpaired) electrons. The summed E-state index contributed by atoms with van der Waals surface area (Å²) in [7, 11) is 0. The van der Waals surface area contributed by atoms with Crippen LogP contribution in [-0.4, -0.2) is 32.6 Å². The van der Waals surface area contributed by atoms with Crippen LogP contribution >= 0.6 is 11.3 Å². The first-order chi connectivity index (χ1) is 9.56. The van der Waals surface area contributed by atoms with Crippen molar-refractivity contribution in [1.29, 1.82) is 0 Å². The number of thiazole rings is 1. The van der Waals surface area contributed by atoms with Crippen LogP contribution in [0.25, 0.3) is 0 Å². The summed E-state index contributed by atoms with van der Waals surface area (Å²) in [5.41, 5.74) is 1.14. The molecule has 0 amide bonds. The van der Waals surface area contributed by atoms with E-state index in [2.05, 4.69) is 9.97 Å². The lowest BCUT2D eigenvalue weighted by Crippen LogP contribution is -2.17. The number of Topliss-reactive ketones (excluding diaryl/α,β-unsaturated/α-hetero) is 2. The molecule has 2 rings (SSSR count). The van der Waals surface area contributed by atoms with Crippen LogP contribution in [0.4, 0.5) is 0 Å². The molecule has 20 heavy (non-hydrogen) atoms. The second-order valence-corrected chi connectivity index (χ2v) is 4.93. The Labute approximate surface area is 118 Å². The van der Waals surface area contributed by atoms with E-state index in [9.17, 15) is 14.4 Å². The fourth-order valence-corrected chi connectivity index (χ4v) is 2.34. The summed E-state index contributed by atoms with van der Waals surface area (Å²) in [6.45, 7) is 0. The van der Waals surface area contributed by atoms with Gasteiger partial charge in [0.1, 0.15) is 5.69 Å². The first-order valence-electron chi connectivity index (χ1n) is 5.69. The summed E-state index contributed by atoms with van der Waals surface area (Å²) in [5, 5.41) is 10.7. The number of hydrogen-bond acceptors (Lipinski definition) is 6. The van der Waals surface area contributed by atoms with E-state index < -0.39 is 24.0 Å². The van der Waals surface area contributed by atoms with Crippen molar-refractivity contribution >= 4 is 28.9 Å². The van der Waals surface area contributed by atoms with Crippen molar-refractivity contribution < 1.29 is 19.5 Å². The van der Waals surface area contributed by atoms with Gasteiger partial charge in [-0.2, -0.15) is 0 Å². The molecule has 0 aliphatic carbocycles. The lowest BCUT2D eigenvalue weighted by atomic mass is 10.1. The van der Waals surface area contributed by atoms with Gasteiger partial charge in [0, 0.05) is 24.2 Å². The van der Waals surface area contributed by atoms with Gasteiger partial charge in [0.25, 0.3) is 0 Å². The quantitative estimate of drug-likeness (QED) is 0.490. The Morgan fingerprint density at radius 1 is 1.20 bits per heavy atom. The molecule has 0 aliphatic rings. The van der Waals surface area contributed by atoms with Crippen LogP contribution in [0.1, 0.15) is 27.5 Å². The number of ketones is 2. The van der Waals surface area contributed by atoms with E-state index in [1.807, 2.05) is 12.1 Å². The summed E-state index contributed by atoms with van der Waals surface area (Å²) in [4.78, 5) is 41.1. The minimum absolute atomic E-state index is 0.133.